The summed E-state index contributed by atoms with van der Waals surface area (Å²) in [5, 5.41) is 7.01. The van der Waals surface area contributed by atoms with Gasteiger partial charge in [-0.15, -0.1) is 0 Å². The maximum Gasteiger partial charge on any atom is 0.328 e. The van der Waals surface area contributed by atoms with E-state index in [0.717, 1.165) is 25.7 Å². The maximum atomic E-state index is 12.7. The highest BCUT2D eigenvalue weighted by molar-refractivity contribution is 5.83. The van der Waals surface area contributed by atoms with Crippen LogP contribution >= 0.6 is 0 Å². The first-order valence-electron chi connectivity index (χ1n) is 9.52. The molecule has 1 amide bonds. The second kappa shape index (κ2) is 6.61. The van der Waals surface area contributed by atoms with Crippen LogP contribution in [-0.4, -0.2) is 42.8 Å². The molecule has 28 heavy (non-hydrogen) atoms. The first-order valence-corrected chi connectivity index (χ1v) is 9.52. The van der Waals surface area contributed by atoms with E-state index < -0.39 is 16.8 Å². The Bertz CT molecular complexity index is 992. The molecule has 1 aliphatic heterocycles. The van der Waals surface area contributed by atoms with Crippen molar-refractivity contribution < 1.29 is 9.53 Å². The van der Waals surface area contributed by atoms with Crippen molar-refractivity contribution in [3.8, 4) is 5.88 Å². The fraction of sp³-hybridized carbons (Fsp3) is 0.611. The number of nitrogens with zero attached hydrogens (tertiary/aromatic N) is 3. The Balaban J connectivity index is 1.50. The third kappa shape index (κ3) is 2.92. The van der Waals surface area contributed by atoms with E-state index in [2.05, 4.69) is 25.4 Å². The summed E-state index contributed by atoms with van der Waals surface area (Å²) in [6.07, 6.45) is 7.02. The molecule has 2 atom stereocenters. The Labute approximate surface area is 160 Å². The van der Waals surface area contributed by atoms with E-state index in [0.29, 0.717) is 18.5 Å². The zero-order valence-electron chi connectivity index (χ0n) is 15.9. The smallest absolute Gasteiger partial charge is 0.328 e. The minimum atomic E-state index is -0.873. The van der Waals surface area contributed by atoms with Crippen LogP contribution in [0.5, 0.6) is 5.88 Å². The maximum absolute atomic E-state index is 12.7. The summed E-state index contributed by atoms with van der Waals surface area (Å²) < 4.78 is 7.66. The van der Waals surface area contributed by atoms with Crippen LogP contribution in [-0.2, 0) is 10.3 Å². The van der Waals surface area contributed by atoms with Crippen LogP contribution < -0.4 is 21.3 Å². The number of aromatic amines is 2. The number of carbonyl (C=O) groups is 1. The van der Waals surface area contributed by atoms with E-state index >= 15 is 0 Å². The molecule has 3 N–H and O–H groups in total. The molecule has 0 unspecified atom stereocenters. The standard InChI is InChI=1S/C18H24N6O4/c1-17(2,24-10-19-9-21-24)15(26)20-8-7-18-6-4-3-5-11(18)12-13(25)22-16(27)23-14(12)28-18/h9-11H,3-8H2,1-2H3,(H,20,26)(H2,22,23,25,27)/t11-,18+/m1/s1. The quantitative estimate of drug-likeness (QED) is 0.678. The number of hydrogen-bond acceptors (Lipinski definition) is 6. The normalized spacial score (nSPS) is 23.6. The number of carbonyl (C=O) groups excluding carboxylic acids is 1. The van der Waals surface area contributed by atoms with Crippen LogP contribution in [0, 0.1) is 0 Å². The average molecular weight is 388 g/mol. The van der Waals surface area contributed by atoms with Crippen molar-refractivity contribution >= 4 is 5.91 Å². The fourth-order valence-electron chi connectivity index (χ4n) is 4.37. The van der Waals surface area contributed by atoms with E-state index in [1.807, 2.05) is 0 Å². The first kappa shape index (κ1) is 18.5. The van der Waals surface area contributed by atoms with Crippen LogP contribution in [0.25, 0.3) is 0 Å². The summed E-state index contributed by atoms with van der Waals surface area (Å²) in [4.78, 5) is 45.4. The van der Waals surface area contributed by atoms with Crippen molar-refractivity contribution in [1.29, 1.82) is 0 Å². The summed E-state index contributed by atoms with van der Waals surface area (Å²) in [5.74, 6) is 0.00974. The van der Waals surface area contributed by atoms with Crippen molar-refractivity contribution in [1.82, 2.24) is 30.0 Å². The van der Waals surface area contributed by atoms with Gasteiger partial charge in [0.15, 0.2) is 0 Å². The Morgan fingerprint density at radius 1 is 1.39 bits per heavy atom. The van der Waals surface area contributed by atoms with Gasteiger partial charge in [0, 0.05) is 18.9 Å². The van der Waals surface area contributed by atoms with Crippen molar-refractivity contribution in [2.45, 2.75) is 63.0 Å². The molecule has 2 aliphatic rings. The summed E-state index contributed by atoms with van der Waals surface area (Å²) >= 11 is 0. The lowest BCUT2D eigenvalue weighted by molar-refractivity contribution is -0.129. The number of amides is 1. The molecular formula is C18H24N6O4. The zero-order valence-corrected chi connectivity index (χ0v) is 15.9. The predicted octanol–water partition coefficient (Wildman–Crippen LogP) is 0.385. The van der Waals surface area contributed by atoms with Crippen molar-refractivity contribution in [2.24, 2.45) is 0 Å². The van der Waals surface area contributed by atoms with E-state index in [9.17, 15) is 14.4 Å². The summed E-state index contributed by atoms with van der Waals surface area (Å²) in [6, 6.07) is 0. The van der Waals surface area contributed by atoms with Gasteiger partial charge >= 0.3 is 5.69 Å². The van der Waals surface area contributed by atoms with Gasteiger partial charge in [-0.25, -0.2) is 14.5 Å². The van der Waals surface area contributed by atoms with Gasteiger partial charge in [-0.3, -0.25) is 19.6 Å². The molecule has 1 fully saturated rings. The van der Waals surface area contributed by atoms with Crippen LogP contribution in [0.1, 0.15) is 57.4 Å². The van der Waals surface area contributed by atoms with Crippen molar-refractivity contribution in [3.63, 3.8) is 0 Å². The second-order valence-corrected chi connectivity index (χ2v) is 8.02. The summed E-state index contributed by atoms with van der Waals surface area (Å²) in [5.41, 5.74) is -1.89. The van der Waals surface area contributed by atoms with Gasteiger partial charge in [-0.1, -0.05) is 6.42 Å². The SMILES string of the molecule is CC(C)(C(=O)NCC[C@@]12CCCC[C@@H]1c1c([nH]c(=O)[nH]c1=O)O2)n1cncn1. The molecule has 4 rings (SSSR count). The molecule has 1 saturated carbocycles. The molecule has 0 saturated heterocycles. The number of ether oxygens (including phenoxy) is 1. The van der Waals surface area contributed by atoms with Crippen LogP contribution in [0.15, 0.2) is 22.2 Å². The lowest BCUT2D eigenvalue weighted by atomic mass is 9.72. The number of hydrogen-bond donors (Lipinski definition) is 3. The van der Waals surface area contributed by atoms with Crippen LogP contribution in [0.3, 0.4) is 0 Å². The molecule has 10 nitrogen and oxygen atoms in total. The van der Waals surface area contributed by atoms with Gasteiger partial charge in [-0.2, -0.15) is 5.10 Å². The highest BCUT2D eigenvalue weighted by atomic mass is 16.5. The lowest BCUT2D eigenvalue weighted by Crippen LogP contribution is -2.48. The van der Waals surface area contributed by atoms with Gasteiger partial charge in [0.2, 0.25) is 11.8 Å². The number of H-pyrrole nitrogens is 2. The highest BCUT2D eigenvalue weighted by Gasteiger charge is 2.51. The number of nitrogens with one attached hydrogen (secondary N) is 3. The van der Waals surface area contributed by atoms with Gasteiger partial charge in [0.05, 0.1) is 5.56 Å². The van der Waals surface area contributed by atoms with Gasteiger partial charge in [0.25, 0.3) is 5.56 Å². The van der Waals surface area contributed by atoms with E-state index in [1.54, 1.807) is 13.8 Å². The monoisotopic (exact) mass is 388 g/mol. The minimum absolute atomic E-state index is 0.0860. The molecule has 150 valence electrons. The number of rotatable bonds is 5. The van der Waals surface area contributed by atoms with E-state index in [-0.39, 0.29) is 23.3 Å². The van der Waals surface area contributed by atoms with Gasteiger partial charge < -0.3 is 10.1 Å². The highest BCUT2D eigenvalue weighted by Crippen LogP contribution is 2.51. The molecular weight excluding hydrogens is 364 g/mol. The minimum Gasteiger partial charge on any atom is -0.471 e. The Hall–Kier alpha value is -2.91. The lowest BCUT2D eigenvalue weighted by Gasteiger charge is -2.38. The number of aromatic nitrogens is 5. The Kier molecular flexibility index (Phi) is 4.35. The largest absolute Gasteiger partial charge is 0.471 e. The molecule has 0 spiro atoms. The average Bonchev–Trinajstić information content (AvgIpc) is 3.27. The zero-order chi connectivity index (χ0) is 19.9. The van der Waals surface area contributed by atoms with E-state index in [1.165, 1.54) is 17.3 Å². The molecule has 1 aliphatic carbocycles. The molecule has 0 radical (unpaired) electrons. The number of fused-ring (bicyclic) bond motifs is 3. The topological polar surface area (TPSA) is 135 Å². The predicted molar refractivity (Wildman–Crippen MR) is 99.2 cm³/mol. The van der Waals surface area contributed by atoms with Gasteiger partial charge in [-0.05, 0) is 33.1 Å². The fourth-order valence-corrected chi connectivity index (χ4v) is 4.37. The molecule has 0 aromatic carbocycles. The van der Waals surface area contributed by atoms with Crippen molar-refractivity contribution in [3.05, 3.63) is 39.1 Å². The molecule has 0 bridgehead atoms. The third-order valence-corrected chi connectivity index (χ3v) is 5.96. The second-order valence-electron chi connectivity index (χ2n) is 8.02. The van der Waals surface area contributed by atoms with E-state index in [4.69, 9.17) is 4.74 Å². The third-order valence-electron chi connectivity index (χ3n) is 5.96. The Morgan fingerprint density at radius 3 is 2.96 bits per heavy atom. The van der Waals surface area contributed by atoms with Crippen molar-refractivity contribution in [2.75, 3.05) is 6.54 Å². The molecule has 10 heteroatoms. The summed E-state index contributed by atoms with van der Waals surface area (Å²) in [6.45, 7) is 3.93. The molecule has 2 aromatic heterocycles. The molecule has 2 aromatic rings. The van der Waals surface area contributed by atoms with Crippen LogP contribution in [0.2, 0.25) is 0 Å². The Morgan fingerprint density at radius 2 is 2.21 bits per heavy atom. The van der Waals surface area contributed by atoms with Gasteiger partial charge in [0.1, 0.15) is 23.8 Å². The first-order chi connectivity index (χ1) is 13.3. The summed E-state index contributed by atoms with van der Waals surface area (Å²) in [7, 11) is 0. The molecule has 3 heterocycles. The van der Waals surface area contributed by atoms with Crippen LogP contribution in [0.4, 0.5) is 0 Å².